The molecule has 61 heavy (non-hydrogen) atoms. The van der Waals surface area contributed by atoms with Crippen molar-refractivity contribution >= 4 is 48.0 Å². The number of nitrogens with one attached hydrogen (secondary N) is 2. The maximum absolute atomic E-state index is 13.7. The summed E-state index contributed by atoms with van der Waals surface area (Å²) in [4.78, 5) is 44.2. The van der Waals surface area contributed by atoms with Crippen LogP contribution in [-0.2, 0) is 40.2 Å². The Balaban J connectivity index is 1.37. The van der Waals surface area contributed by atoms with E-state index in [1.54, 1.807) is 58.9 Å². The molecule has 0 radical (unpaired) electrons. The molecule has 5 aromatic rings. The Bertz CT molecular complexity index is 2320. The number of carbonyl (C=O) groups excluding carboxylic acids is 3. The summed E-state index contributed by atoms with van der Waals surface area (Å²) >= 11 is 0. The van der Waals surface area contributed by atoms with Crippen molar-refractivity contribution < 1.29 is 38.1 Å². The molecule has 0 spiro atoms. The lowest BCUT2D eigenvalue weighted by molar-refractivity contribution is -0.155. The summed E-state index contributed by atoms with van der Waals surface area (Å²) in [6.07, 6.45) is -3.87. The van der Waals surface area contributed by atoms with E-state index in [9.17, 15) is 24.8 Å². The fraction of sp³-hybridized carbons (Fsp3) is 0.391. The highest BCUT2D eigenvalue weighted by Gasteiger charge is 2.61. The van der Waals surface area contributed by atoms with Gasteiger partial charge in [0.1, 0.15) is 41.8 Å². The van der Waals surface area contributed by atoms with Gasteiger partial charge in [0.15, 0.2) is 11.9 Å². The van der Waals surface area contributed by atoms with Crippen LogP contribution in [0.15, 0.2) is 109 Å². The number of nitrogens with zero attached hydrogens (tertiary/aromatic N) is 4. The van der Waals surface area contributed by atoms with E-state index in [1.807, 2.05) is 78.9 Å². The third kappa shape index (κ3) is 9.37. The van der Waals surface area contributed by atoms with Crippen molar-refractivity contribution in [3.63, 3.8) is 0 Å². The highest BCUT2D eigenvalue weighted by molar-refractivity contribution is 6.99. The summed E-state index contributed by atoms with van der Waals surface area (Å²) in [6, 6.07) is 33.3. The van der Waals surface area contributed by atoms with E-state index in [4.69, 9.17) is 18.6 Å². The van der Waals surface area contributed by atoms with Gasteiger partial charge in [-0.05, 0) is 59.8 Å². The summed E-state index contributed by atoms with van der Waals surface area (Å²) in [5.74, 6) is -1.46. The second-order valence-electron chi connectivity index (χ2n) is 17.5. The van der Waals surface area contributed by atoms with Crippen LogP contribution in [0.4, 0.5) is 10.6 Å². The second kappa shape index (κ2) is 18.0. The van der Waals surface area contributed by atoms with Gasteiger partial charge in [0, 0.05) is 0 Å². The molecule has 320 valence electrons. The van der Waals surface area contributed by atoms with Gasteiger partial charge in [-0.3, -0.25) is 9.59 Å². The van der Waals surface area contributed by atoms with Gasteiger partial charge in [-0.2, -0.15) is 10.4 Å². The molecule has 2 aromatic heterocycles. The zero-order chi connectivity index (χ0) is 44.2. The Kier molecular flexibility index (Phi) is 13.1. The van der Waals surface area contributed by atoms with Crippen molar-refractivity contribution in [1.29, 1.82) is 5.26 Å². The molecule has 1 saturated heterocycles. The number of benzene rings is 3. The van der Waals surface area contributed by atoms with Crippen LogP contribution in [0.25, 0.3) is 5.52 Å². The number of fused-ring (bicyclic) bond motifs is 1. The van der Waals surface area contributed by atoms with Gasteiger partial charge in [0.25, 0.3) is 8.32 Å². The zero-order valence-electron chi connectivity index (χ0n) is 35.8. The van der Waals surface area contributed by atoms with Crippen LogP contribution in [0.2, 0.25) is 5.04 Å². The number of hydrogen-bond donors (Lipinski definition) is 3. The lowest BCUT2D eigenvalue weighted by atomic mass is 9.92. The molecule has 0 bridgehead atoms. The molecule has 15 heteroatoms. The van der Waals surface area contributed by atoms with Crippen LogP contribution in [0.3, 0.4) is 0 Å². The van der Waals surface area contributed by atoms with E-state index >= 15 is 0 Å². The van der Waals surface area contributed by atoms with Gasteiger partial charge in [-0.25, -0.2) is 14.3 Å². The first kappa shape index (κ1) is 44.6. The number of anilines is 1. The minimum atomic E-state index is -3.18. The van der Waals surface area contributed by atoms with Crippen LogP contribution in [0.1, 0.15) is 66.6 Å². The predicted octanol–water partition coefficient (Wildman–Crippen LogP) is 5.43. The third-order valence-electron chi connectivity index (χ3n) is 10.6. The van der Waals surface area contributed by atoms with Crippen LogP contribution < -0.4 is 21.0 Å². The largest absolute Gasteiger partial charge is 0.456 e. The Hall–Kier alpha value is -5.92. The summed E-state index contributed by atoms with van der Waals surface area (Å²) in [6.45, 7) is 14.9. The highest BCUT2D eigenvalue weighted by atomic mass is 28.4. The number of rotatable bonds is 13. The standard InChI is InChI=1S/C46H54N6O8Si/c1-30(2)38(50-43(56)60-44(3,4)5)42(55)51-41-34-24-25-36(52(34)49-29-48-41)46(28-47)40(54)39(58-37(53)26-31-18-12-9-13-19-31)35(59-46)27-57-61(45(6,7)8,32-20-14-10-15-21-32)33-22-16-11-17-23-33/h9-25,29-30,35,38-40,54H,26-27H2,1-8H3,(H,50,56)(H,48,49,51,55)/t35-,38+,39-,40-,46+/m1/s1. The SMILES string of the molecule is CC(C)[C@H](NC(=O)OC(C)(C)C)C(=O)Nc1ncnn2c([C@]3(C#N)O[C@H](CO[Si](c4ccccc4)(c4ccccc4)C(C)(C)C)[C@@H](OC(=O)Cc4ccccc4)[C@H]3O)ccc12. The number of aliphatic hydroxyl groups excluding tert-OH is 1. The summed E-state index contributed by atoms with van der Waals surface area (Å²) in [5, 5.41) is 34.8. The maximum Gasteiger partial charge on any atom is 0.408 e. The summed E-state index contributed by atoms with van der Waals surface area (Å²) < 4.78 is 26.7. The second-order valence-corrected chi connectivity index (χ2v) is 21.8. The number of alkyl carbamates (subject to hydrolysis) is 1. The van der Waals surface area contributed by atoms with Crippen molar-refractivity contribution in [2.45, 2.75) is 102 Å². The van der Waals surface area contributed by atoms with Crippen LogP contribution in [0.5, 0.6) is 0 Å². The molecule has 0 unspecified atom stereocenters. The third-order valence-corrected chi connectivity index (χ3v) is 15.6. The molecule has 6 rings (SSSR count). The number of aliphatic hydroxyl groups is 1. The number of nitriles is 1. The number of ether oxygens (including phenoxy) is 3. The molecular weight excluding hydrogens is 793 g/mol. The van der Waals surface area contributed by atoms with Crippen molar-refractivity contribution in [2.75, 3.05) is 11.9 Å². The smallest absolute Gasteiger partial charge is 0.408 e. The molecule has 1 aliphatic heterocycles. The number of carbonyl (C=O) groups is 3. The highest BCUT2D eigenvalue weighted by Crippen LogP contribution is 2.43. The fourth-order valence-corrected chi connectivity index (χ4v) is 12.4. The summed E-state index contributed by atoms with van der Waals surface area (Å²) in [7, 11) is -3.18. The molecule has 3 aromatic carbocycles. The lowest BCUT2D eigenvalue weighted by Gasteiger charge is -2.43. The average Bonchev–Trinajstić information content (AvgIpc) is 3.76. The number of aromatic nitrogens is 3. The van der Waals surface area contributed by atoms with E-state index in [-0.39, 0.29) is 36.0 Å². The van der Waals surface area contributed by atoms with Crippen molar-refractivity contribution in [3.8, 4) is 6.07 Å². The molecule has 14 nitrogen and oxygen atoms in total. The molecular formula is C46H54N6O8Si. The molecule has 1 fully saturated rings. The average molecular weight is 847 g/mol. The van der Waals surface area contributed by atoms with Gasteiger partial charge in [0.05, 0.1) is 18.7 Å². The van der Waals surface area contributed by atoms with Gasteiger partial charge >= 0.3 is 12.1 Å². The van der Waals surface area contributed by atoms with Gasteiger partial charge in [-0.1, -0.05) is 126 Å². The van der Waals surface area contributed by atoms with Crippen molar-refractivity contribution in [1.82, 2.24) is 19.9 Å². The minimum Gasteiger partial charge on any atom is -0.456 e. The van der Waals surface area contributed by atoms with Crippen molar-refractivity contribution in [2.24, 2.45) is 5.92 Å². The van der Waals surface area contributed by atoms with Crippen LogP contribution in [0, 0.1) is 17.2 Å². The number of amides is 2. The van der Waals surface area contributed by atoms with Gasteiger partial charge in [-0.15, -0.1) is 0 Å². The molecule has 3 heterocycles. The first-order valence-electron chi connectivity index (χ1n) is 20.3. The fourth-order valence-electron chi connectivity index (χ4n) is 7.84. The lowest BCUT2D eigenvalue weighted by Crippen LogP contribution is -2.67. The van der Waals surface area contributed by atoms with Gasteiger partial charge in [0.2, 0.25) is 11.5 Å². The monoisotopic (exact) mass is 846 g/mol. The van der Waals surface area contributed by atoms with Gasteiger partial charge < -0.3 is 34.4 Å². The molecule has 5 atom stereocenters. The van der Waals surface area contributed by atoms with E-state index in [0.717, 1.165) is 10.4 Å². The maximum atomic E-state index is 13.7. The van der Waals surface area contributed by atoms with Crippen LogP contribution >= 0.6 is 0 Å². The molecule has 2 amide bonds. The Morgan fingerprint density at radius 2 is 1.51 bits per heavy atom. The van der Waals surface area contributed by atoms with Crippen molar-refractivity contribution in [3.05, 3.63) is 121 Å². The number of esters is 1. The zero-order valence-corrected chi connectivity index (χ0v) is 36.8. The quantitative estimate of drug-likeness (QED) is 0.101. The Morgan fingerprint density at radius 3 is 2.05 bits per heavy atom. The topological polar surface area (TPSA) is 186 Å². The Labute approximate surface area is 357 Å². The molecule has 1 aliphatic rings. The first-order valence-corrected chi connectivity index (χ1v) is 22.2. The van der Waals surface area contributed by atoms with Crippen LogP contribution in [-0.4, -0.2) is 82.6 Å². The summed E-state index contributed by atoms with van der Waals surface area (Å²) in [5.41, 5.74) is -1.85. The van der Waals surface area contributed by atoms with E-state index in [1.165, 1.54) is 10.8 Å². The minimum absolute atomic E-state index is 0.0703. The van der Waals surface area contributed by atoms with E-state index in [2.05, 4.69) is 47.6 Å². The van der Waals surface area contributed by atoms with E-state index < -0.39 is 66.9 Å². The van der Waals surface area contributed by atoms with E-state index in [0.29, 0.717) is 5.56 Å². The number of hydrogen-bond acceptors (Lipinski definition) is 11. The molecule has 0 aliphatic carbocycles. The molecule has 0 saturated carbocycles. The predicted molar refractivity (Wildman–Crippen MR) is 231 cm³/mol. The Morgan fingerprint density at radius 1 is 0.918 bits per heavy atom. The molecule has 3 N–H and O–H groups in total. The first-order chi connectivity index (χ1) is 28.9. The normalized spacial score (nSPS) is 19.9.